The number of rotatable bonds is 6. The van der Waals surface area contributed by atoms with Gasteiger partial charge in [-0.2, -0.15) is 11.8 Å². The van der Waals surface area contributed by atoms with Crippen molar-refractivity contribution >= 4 is 23.8 Å². The number of aliphatic hydroxyl groups is 1. The molecule has 0 saturated carbocycles. The Bertz CT molecular complexity index is 620. The summed E-state index contributed by atoms with van der Waals surface area (Å²) in [6, 6.07) is 10.4. The molecule has 0 aliphatic carbocycles. The molecule has 0 aromatic heterocycles. The zero-order valence-corrected chi connectivity index (χ0v) is 17.1. The summed E-state index contributed by atoms with van der Waals surface area (Å²) in [4.78, 5) is 9.55. The third-order valence-electron chi connectivity index (χ3n) is 5.09. The van der Waals surface area contributed by atoms with Crippen molar-refractivity contribution in [2.75, 3.05) is 57.3 Å². The molecule has 27 heavy (non-hydrogen) atoms. The molecule has 0 amide bonds. The quantitative estimate of drug-likeness (QED) is 0.578. The minimum atomic E-state index is -0.616. The number of hydrogen-bond acceptors (Lipinski definition) is 4. The second-order valence-corrected chi connectivity index (χ2v) is 8.40. The molecule has 1 atom stereocenters. The second-order valence-electron chi connectivity index (χ2n) is 7.30. The molecule has 1 unspecified atom stereocenters. The van der Waals surface area contributed by atoms with E-state index >= 15 is 0 Å². The van der Waals surface area contributed by atoms with Crippen molar-refractivity contribution in [1.82, 2.24) is 15.1 Å². The van der Waals surface area contributed by atoms with E-state index in [9.17, 15) is 5.11 Å². The van der Waals surface area contributed by atoms with E-state index in [1.165, 1.54) is 5.56 Å². The molecule has 5 nitrogen and oxygen atoms in total. The van der Waals surface area contributed by atoms with Crippen LogP contribution in [0.3, 0.4) is 0 Å². The first kappa shape index (κ1) is 20.2. The van der Waals surface area contributed by atoms with Gasteiger partial charge in [0, 0.05) is 45.0 Å². The second kappa shape index (κ2) is 10.2. The maximum absolute atomic E-state index is 10.5. The van der Waals surface area contributed by atoms with Gasteiger partial charge in [-0.1, -0.05) is 42.5 Å². The zero-order chi connectivity index (χ0) is 19.0. The van der Waals surface area contributed by atoms with Crippen LogP contribution in [0.1, 0.15) is 18.9 Å². The summed E-state index contributed by atoms with van der Waals surface area (Å²) < 4.78 is 0. The summed E-state index contributed by atoms with van der Waals surface area (Å²) in [5.41, 5.74) is 0.635. The maximum atomic E-state index is 10.5. The molecule has 3 rings (SSSR count). The van der Waals surface area contributed by atoms with E-state index in [2.05, 4.69) is 58.5 Å². The molecule has 0 spiro atoms. The van der Waals surface area contributed by atoms with Gasteiger partial charge in [0.1, 0.15) is 0 Å². The van der Waals surface area contributed by atoms with E-state index in [1.54, 1.807) is 0 Å². The van der Waals surface area contributed by atoms with Gasteiger partial charge in [0.2, 0.25) is 0 Å². The molecular weight excluding hydrogens is 356 g/mol. The van der Waals surface area contributed by atoms with Crippen molar-refractivity contribution in [1.29, 1.82) is 0 Å². The minimum Gasteiger partial charge on any atom is -0.387 e. The Hall–Kier alpha value is -1.50. The molecule has 1 aromatic rings. The standard InChI is InChI=1S/C21H32N4OS/c1-2-22-20(23-17-21(26)10-16-27-18-21)25-14-12-24(13-15-25)11-6-9-19-7-4-3-5-8-19/h3-9,26H,2,10-18H2,1H3,(H,22,23)/b9-6+. The molecule has 2 saturated heterocycles. The number of hydrogen-bond donors (Lipinski definition) is 2. The van der Waals surface area contributed by atoms with Crippen molar-refractivity contribution in [2.24, 2.45) is 4.99 Å². The number of thioether (sulfide) groups is 1. The van der Waals surface area contributed by atoms with Gasteiger partial charge < -0.3 is 15.3 Å². The fourth-order valence-electron chi connectivity index (χ4n) is 3.41. The monoisotopic (exact) mass is 388 g/mol. The van der Waals surface area contributed by atoms with Crippen LogP contribution >= 0.6 is 11.8 Å². The molecule has 2 fully saturated rings. The normalized spacial score (nSPS) is 24.7. The van der Waals surface area contributed by atoms with E-state index in [4.69, 9.17) is 4.99 Å². The minimum absolute atomic E-state index is 0.502. The van der Waals surface area contributed by atoms with Gasteiger partial charge in [0.25, 0.3) is 0 Å². The molecule has 2 heterocycles. The van der Waals surface area contributed by atoms with Gasteiger partial charge in [-0.15, -0.1) is 0 Å². The van der Waals surface area contributed by atoms with Crippen LogP contribution in [0.25, 0.3) is 6.08 Å². The number of aliphatic imine (C=N–C) groups is 1. The summed E-state index contributed by atoms with van der Waals surface area (Å²) in [5.74, 6) is 2.79. The third-order valence-corrected chi connectivity index (χ3v) is 6.32. The van der Waals surface area contributed by atoms with Crippen LogP contribution in [0, 0.1) is 0 Å². The van der Waals surface area contributed by atoms with Crippen molar-refractivity contribution in [3.05, 3.63) is 42.0 Å². The van der Waals surface area contributed by atoms with Crippen LogP contribution in [0.5, 0.6) is 0 Å². The summed E-state index contributed by atoms with van der Waals surface area (Å²) in [6.45, 7) is 8.44. The smallest absolute Gasteiger partial charge is 0.194 e. The lowest BCUT2D eigenvalue weighted by Gasteiger charge is -2.36. The van der Waals surface area contributed by atoms with Crippen LogP contribution in [-0.2, 0) is 0 Å². The van der Waals surface area contributed by atoms with E-state index in [1.807, 2.05) is 17.8 Å². The van der Waals surface area contributed by atoms with Crippen LogP contribution in [0.4, 0.5) is 0 Å². The van der Waals surface area contributed by atoms with Crippen molar-refractivity contribution in [2.45, 2.75) is 18.9 Å². The van der Waals surface area contributed by atoms with Gasteiger partial charge in [-0.05, 0) is 24.7 Å². The third kappa shape index (κ3) is 6.26. The van der Waals surface area contributed by atoms with Gasteiger partial charge in [-0.25, -0.2) is 0 Å². The van der Waals surface area contributed by atoms with Crippen LogP contribution in [0.15, 0.2) is 41.4 Å². The largest absolute Gasteiger partial charge is 0.387 e. The average molecular weight is 389 g/mol. The Morgan fingerprint density at radius 3 is 2.70 bits per heavy atom. The van der Waals surface area contributed by atoms with Gasteiger partial charge in [0.05, 0.1) is 12.1 Å². The highest BCUT2D eigenvalue weighted by molar-refractivity contribution is 7.99. The van der Waals surface area contributed by atoms with Crippen molar-refractivity contribution < 1.29 is 5.11 Å². The molecule has 2 N–H and O–H groups in total. The van der Waals surface area contributed by atoms with Gasteiger partial charge >= 0.3 is 0 Å². The molecule has 6 heteroatoms. The molecular formula is C21H32N4OS. The van der Waals surface area contributed by atoms with Crippen LogP contribution in [-0.4, -0.2) is 83.8 Å². The molecule has 2 aliphatic heterocycles. The summed E-state index contributed by atoms with van der Waals surface area (Å²) in [6.07, 6.45) is 5.29. The van der Waals surface area contributed by atoms with E-state index in [-0.39, 0.29) is 0 Å². The number of nitrogens with zero attached hydrogens (tertiary/aromatic N) is 3. The number of piperazine rings is 1. The number of guanidine groups is 1. The Kier molecular flexibility index (Phi) is 7.61. The average Bonchev–Trinajstić information content (AvgIpc) is 3.13. The first-order valence-electron chi connectivity index (χ1n) is 9.96. The zero-order valence-electron chi connectivity index (χ0n) is 16.3. The fraction of sp³-hybridized carbons (Fsp3) is 0.571. The highest BCUT2D eigenvalue weighted by Crippen LogP contribution is 2.28. The summed E-state index contributed by atoms with van der Waals surface area (Å²) >= 11 is 1.82. The molecule has 148 valence electrons. The molecule has 0 bridgehead atoms. The van der Waals surface area contributed by atoms with Gasteiger partial charge in [-0.3, -0.25) is 9.89 Å². The summed E-state index contributed by atoms with van der Waals surface area (Å²) in [7, 11) is 0. The highest BCUT2D eigenvalue weighted by Gasteiger charge is 2.32. The van der Waals surface area contributed by atoms with Crippen LogP contribution in [0.2, 0.25) is 0 Å². The van der Waals surface area contributed by atoms with E-state index < -0.39 is 5.60 Å². The molecule has 2 aliphatic rings. The lowest BCUT2D eigenvalue weighted by atomic mass is 10.0. The number of nitrogens with one attached hydrogen (secondary N) is 1. The van der Waals surface area contributed by atoms with Gasteiger partial charge in [0.15, 0.2) is 5.96 Å². The fourth-order valence-corrected chi connectivity index (χ4v) is 4.70. The van der Waals surface area contributed by atoms with Crippen molar-refractivity contribution in [3.63, 3.8) is 0 Å². The SMILES string of the molecule is CCNC(=NCC1(O)CCSC1)N1CCN(C/C=C/c2ccccc2)CC1. The number of benzene rings is 1. The summed E-state index contributed by atoms with van der Waals surface area (Å²) in [5, 5.41) is 13.9. The first-order valence-corrected chi connectivity index (χ1v) is 11.1. The molecule has 1 aromatic carbocycles. The predicted molar refractivity (Wildman–Crippen MR) is 116 cm³/mol. The first-order chi connectivity index (χ1) is 13.2. The Morgan fingerprint density at radius 1 is 1.26 bits per heavy atom. The predicted octanol–water partition coefficient (Wildman–Crippen LogP) is 2.15. The highest BCUT2D eigenvalue weighted by atomic mass is 32.2. The van der Waals surface area contributed by atoms with Crippen LogP contribution < -0.4 is 5.32 Å². The molecule has 0 radical (unpaired) electrons. The maximum Gasteiger partial charge on any atom is 0.194 e. The Balaban J connectivity index is 1.47. The lowest BCUT2D eigenvalue weighted by molar-refractivity contribution is 0.0773. The van der Waals surface area contributed by atoms with E-state index in [0.29, 0.717) is 6.54 Å². The lowest BCUT2D eigenvalue weighted by Crippen LogP contribution is -2.52. The van der Waals surface area contributed by atoms with E-state index in [0.717, 1.165) is 63.2 Å². The Morgan fingerprint density at radius 2 is 2.04 bits per heavy atom. The topological polar surface area (TPSA) is 51.1 Å². The Labute approximate surface area is 167 Å². The van der Waals surface area contributed by atoms with Crippen molar-refractivity contribution in [3.8, 4) is 0 Å².